The SMILES string of the molecule is Nc1cc(F)c(OCC2CCN(C(=O)OCc3ccccc3)CC2)c(Br)c1. The van der Waals surface area contributed by atoms with Crippen LogP contribution >= 0.6 is 15.9 Å². The number of anilines is 1. The van der Waals surface area contributed by atoms with Crippen molar-refractivity contribution in [2.45, 2.75) is 19.4 Å². The molecule has 0 radical (unpaired) electrons. The number of likely N-dealkylation sites (tertiary alicyclic amines) is 1. The second-order valence-electron chi connectivity index (χ2n) is 6.60. The van der Waals surface area contributed by atoms with Gasteiger partial charge in [-0.1, -0.05) is 30.3 Å². The van der Waals surface area contributed by atoms with Crippen LogP contribution in [0.2, 0.25) is 0 Å². The third kappa shape index (κ3) is 5.35. The molecule has 1 fully saturated rings. The number of carbonyl (C=O) groups is 1. The second-order valence-corrected chi connectivity index (χ2v) is 7.45. The summed E-state index contributed by atoms with van der Waals surface area (Å²) in [5.41, 5.74) is 6.90. The highest BCUT2D eigenvalue weighted by atomic mass is 79.9. The molecule has 2 aromatic rings. The number of piperidine rings is 1. The number of rotatable bonds is 5. The first kappa shape index (κ1) is 19.5. The zero-order valence-corrected chi connectivity index (χ0v) is 16.5. The molecule has 0 aliphatic carbocycles. The summed E-state index contributed by atoms with van der Waals surface area (Å²) in [5.74, 6) is -0.0512. The number of halogens is 2. The molecule has 1 heterocycles. The summed E-state index contributed by atoms with van der Waals surface area (Å²) in [5, 5.41) is 0. The topological polar surface area (TPSA) is 64.8 Å². The van der Waals surface area contributed by atoms with Crippen molar-refractivity contribution >= 4 is 27.7 Å². The first-order valence-electron chi connectivity index (χ1n) is 8.86. The van der Waals surface area contributed by atoms with E-state index in [1.165, 1.54) is 6.07 Å². The van der Waals surface area contributed by atoms with Crippen LogP contribution in [-0.4, -0.2) is 30.7 Å². The summed E-state index contributed by atoms with van der Waals surface area (Å²) in [4.78, 5) is 13.9. The Morgan fingerprint density at radius 2 is 1.93 bits per heavy atom. The molecule has 27 heavy (non-hydrogen) atoms. The fourth-order valence-corrected chi connectivity index (χ4v) is 3.58. The van der Waals surface area contributed by atoms with Gasteiger partial charge in [-0.3, -0.25) is 0 Å². The number of amides is 1. The Morgan fingerprint density at radius 3 is 2.59 bits per heavy atom. The smallest absolute Gasteiger partial charge is 0.410 e. The minimum atomic E-state index is -0.483. The van der Waals surface area contributed by atoms with Crippen LogP contribution in [0.25, 0.3) is 0 Å². The number of nitrogens with zero attached hydrogens (tertiary/aromatic N) is 1. The first-order valence-corrected chi connectivity index (χ1v) is 9.65. The summed E-state index contributed by atoms with van der Waals surface area (Å²) < 4.78 is 25.5. The highest BCUT2D eigenvalue weighted by Gasteiger charge is 2.24. The molecular formula is C20H22BrFN2O3. The van der Waals surface area contributed by atoms with Crippen LogP contribution in [0, 0.1) is 11.7 Å². The monoisotopic (exact) mass is 436 g/mol. The predicted molar refractivity (Wildman–Crippen MR) is 105 cm³/mol. The van der Waals surface area contributed by atoms with Gasteiger partial charge in [-0.05, 0) is 46.3 Å². The van der Waals surface area contributed by atoms with Crippen molar-refractivity contribution in [3.05, 3.63) is 58.3 Å². The normalized spacial score (nSPS) is 14.8. The van der Waals surface area contributed by atoms with E-state index in [1.54, 1.807) is 11.0 Å². The average Bonchev–Trinajstić information content (AvgIpc) is 2.66. The van der Waals surface area contributed by atoms with E-state index >= 15 is 0 Å². The Morgan fingerprint density at radius 1 is 1.22 bits per heavy atom. The van der Waals surface area contributed by atoms with Crippen molar-refractivity contribution in [1.29, 1.82) is 0 Å². The molecule has 2 N–H and O–H groups in total. The Hall–Kier alpha value is -2.28. The van der Waals surface area contributed by atoms with Gasteiger partial charge >= 0.3 is 6.09 Å². The van der Waals surface area contributed by atoms with E-state index in [0.717, 1.165) is 18.4 Å². The number of hydrogen-bond acceptors (Lipinski definition) is 4. The molecule has 0 aromatic heterocycles. The van der Waals surface area contributed by atoms with Crippen molar-refractivity contribution in [1.82, 2.24) is 4.90 Å². The second kappa shape index (κ2) is 9.08. The van der Waals surface area contributed by atoms with Crippen molar-refractivity contribution in [3.63, 3.8) is 0 Å². The van der Waals surface area contributed by atoms with Gasteiger partial charge in [0.25, 0.3) is 0 Å². The first-order chi connectivity index (χ1) is 13.0. The van der Waals surface area contributed by atoms with Crippen LogP contribution in [-0.2, 0) is 11.3 Å². The molecule has 5 nitrogen and oxygen atoms in total. The van der Waals surface area contributed by atoms with Gasteiger partial charge in [0.1, 0.15) is 6.61 Å². The van der Waals surface area contributed by atoms with Crippen LogP contribution in [0.5, 0.6) is 5.75 Å². The van der Waals surface area contributed by atoms with Gasteiger partial charge in [-0.25, -0.2) is 9.18 Å². The summed E-state index contributed by atoms with van der Waals surface area (Å²) in [7, 11) is 0. The Labute approximate surface area is 166 Å². The predicted octanol–water partition coefficient (Wildman–Crippen LogP) is 4.60. The van der Waals surface area contributed by atoms with Crippen LogP contribution < -0.4 is 10.5 Å². The molecule has 1 saturated heterocycles. The van der Waals surface area contributed by atoms with Gasteiger partial charge in [-0.15, -0.1) is 0 Å². The molecule has 0 saturated carbocycles. The Bertz CT molecular complexity index is 757. The summed E-state index contributed by atoms with van der Waals surface area (Å²) in [6, 6.07) is 12.5. The molecule has 144 valence electrons. The largest absolute Gasteiger partial charge is 0.489 e. The number of ether oxygens (including phenoxy) is 2. The van der Waals surface area contributed by atoms with Crippen LogP contribution in [0.3, 0.4) is 0 Å². The third-order valence-corrected chi connectivity index (χ3v) is 5.15. The van der Waals surface area contributed by atoms with Crippen molar-refractivity contribution in [3.8, 4) is 5.75 Å². The Kier molecular flexibility index (Phi) is 6.55. The van der Waals surface area contributed by atoms with Crippen molar-refractivity contribution in [2.75, 3.05) is 25.4 Å². The quantitative estimate of drug-likeness (QED) is 0.695. The molecular weight excluding hydrogens is 415 g/mol. The molecule has 1 amide bonds. The molecule has 0 unspecified atom stereocenters. The van der Waals surface area contributed by atoms with E-state index in [0.29, 0.717) is 29.9 Å². The van der Waals surface area contributed by atoms with Crippen LogP contribution in [0.15, 0.2) is 46.9 Å². The maximum absolute atomic E-state index is 14.0. The van der Waals surface area contributed by atoms with Gasteiger partial charge in [0.2, 0.25) is 0 Å². The minimum Gasteiger partial charge on any atom is -0.489 e. The number of nitrogen functional groups attached to an aromatic ring is 1. The zero-order chi connectivity index (χ0) is 19.2. The molecule has 7 heteroatoms. The lowest BCUT2D eigenvalue weighted by molar-refractivity contribution is 0.0757. The van der Waals surface area contributed by atoms with Gasteiger partial charge in [0, 0.05) is 24.8 Å². The minimum absolute atomic E-state index is 0.175. The molecule has 1 aliphatic heterocycles. The van der Waals surface area contributed by atoms with Gasteiger partial charge in [-0.2, -0.15) is 0 Å². The Balaban J connectivity index is 1.43. The summed E-state index contributed by atoms with van der Waals surface area (Å²) >= 11 is 3.27. The van der Waals surface area contributed by atoms with Crippen LogP contribution in [0.4, 0.5) is 14.9 Å². The summed E-state index contributed by atoms with van der Waals surface area (Å²) in [6.07, 6.45) is 1.27. The lowest BCUT2D eigenvalue weighted by atomic mass is 9.98. The molecule has 1 aliphatic rings. The van der Waals surface area contributed by atoms with Crippen molar-refractivity contribution in [2.24, 2.45) is 5.92 Å². The third-order valence-electron chi connectivity index (χ3n) is 4.56. The van der Waals surface area contributed by atoms with Crippen LogP contribution in [0.1, 0.15) is 18.4 Å². The summed E-state index contributed by atoms with van der Waals surface area (Å²) in [6.45, 7) is 1.87. The van der Waals surface area contributed by atoms with Crippen molar-refractivity contribution < 1.29 is 18.7 Å². The average molecular weight is 437 g/mol. The molecule has 0 atom stereocenters. The molecule has 3 rings (SSSR count). The van der Waals surface area contributed by atoms with E-state index in [2.05, 4.69) is 15.9 Å². The van der Waals surface area contributed by atoms with E-state index in [9.17, 15) is 9.18 Å². The number of hydrogen-bond donors (Lipinski definition) is 1. The standard InChI is InChI=1S/C20H22BrFN2O3/c21-17-10-16(23)11-18(22)19(17)26-12-15-6-8-24(9-7-15)20(25)27-13-14-4-2-1-3-5-14/h1-5,10-11,15H,6-9,12-13,23H2. The lowest BCUT2D eigenvalue weighted by Crippen LogP contribution is -2.40. The van der Waals surface area contributed by atoms with Gasteiger partial charge < -0.3 is 20.1 Å². The van der Waals surface area contributed by atoms with Gasteiger partial charge in [0.05, 0.1) is 11.1 Å². The number of carbonyl (C=O) groups excluding carboxylic acids is 1. The lowest BCUT2D eigenvalue weighted by Gasteiger charge is -2.31. The molecule has 2 aromatic carbocycles. The maximum Gasteiger partial charge on any atom is 0.410 e. The highest BCUT2D eigenvalue weighted by molar-refractivity contribution is 9.10. The fourth-order valence-electron chi connectivity index (χ4n) is 3.01. The maximum atomic E-state index is 14.0. The number of benzene rings is 2. The molecule has 0 spiro atoms. The van der Waals surface area contributed by atoms with E-state index < -0.39 is 5.82 Å². The zero-order valence-electron chi connectivity index (χ0n) is 14.9. The number of nitrogens with two attached hydrogens (primary N) is 1. The molecule has 0 bridgehead atoms. The van der Waals surface area contributed by atoms with Gasteiger partial charge in [0.15, 0.2) is 11.6 Å². The fraction of sp³-hybridized carbons (Fsp3) is 0.350. The van der Waals surface area contributed by atoms with E-state index in [1.807, 2.05) is 30.3 Å². The van der Waals surface area contributed by atoms with E-state index in [-0.39, 0.29) is 24.4 Å². The van der Waals surface area contributed by atoms with E-state index in [4.69, 9.17) is 15.2 Å². The highest BCUT2D eigenvalue weighted by Crippen LogP contribution is 2.31.